The van der Waals surface area contributed by atoms with Gasteiger partial charge in [-0.3, -0.25) is 14.2 Å². The van der Waals surface area contributed by atoms with Crippen LogP contribution in [0.1, 0.15) is 20.8 Å². The van der Waals surface area contributed by atoms with Gasteiger partial charge >= 0.3 is 0 Å². The Morgan fingerprint density at radius 3 is 2.69 bits per heavy atom. The molecule has 2 heterocycles. The second kappa shape index (κ2) is 7.80. The summed E-state index contributed by atoms with van der Waals surface area (Å²) in [5, 5.41) is 3.43. The molecule has 0 radical (unpaired) electrons. The van der Waals surface area contributed by atoms with E-state index in [4.69, 9.17) is 0 Å². The van der Waals surface area contributed by atoms with Crippen molar-refractivity contribution in [1.29, 1.82) is 0 Å². The standard InChI is InChI=1S/C19H22N4O2S/c1-13-15-18(26-16(13)17(24)20-9-10-22(2)3)21-12-23(19(15)25)11-14-7-5-4-6-8-14/h4-8,12H,9-11H2,1-3H3,(H,20,24). The second-order valence-corrected chi connectivity index (χ2v) is 7.46. The van der Waals surface area contributed by atoms with E-state index in [1.807, 2.05) is 56.3 Å². The van der Waals surface area contributed by atoms with Gasteiger partial charge in [-0.1, -0.05) is 30.3 Å². The average Bonchev–Trinajstić information content (AvgIpc) is 2.95. The minimum Gasteiger partial charge on any atom is -0.350 e. The molecule has 3 aromatic rings. The van der Waals surface area contributed by atoms with E-state index in [0.29, 0.717) is 33.7 Å². The Morgan fingerprint density at radius 1 is 1.27 bits per heavy atom. The number of carbonyl (C=O) groups excluding carboxylic acids is 1. The SMILES string of the molecule is Cc1c(C(=O)NCCN(C)C)sc2ncn(Cc3ccccc3)c(=O)c12. The zero-order valence-corrected chi connectivity index (χ0v) is 16.0. The predicted octanol–water partition coefficient (Wildman–Crippen LogP) is 2.11. The third-order valence-corrected chi connectivity index (χ3v) is 5.36. The molecule has 0 aliphatic carbocycles. The summed E-state index contributed by atoms with van der Waals surface area (Å²) in [5.41, 5.74) is 1.62. The highest BCUT2D eigenvalue weighted by Gasteiger charge is 2.19. The first-order chi connectivity index (χ1) is 12.5. The third-order valence-electron chi connectivity index (χ3n) is 4.16. The molecule has 26 heavy (non-hydrogen) atoms. The summed E-state index contributed by atoms with van der Waals surface area (Å²) in [6.45, 7) is 3.60. The molecular weight excluding hydrogens is 348 g/mol. The van der Waals surface area contributed by atoms with Crippen LogP contribution in [-0.4, -0.2) is 47.5 Å². The molecule has 1 N–H and O–H groups in total. The van der Waals surface area contributed by atoms with Crippen LogP contribution in [0.15, 0.2) is 41.5 Å². The van der Waals surface area contributed by atoms with Crippen LogP contribution < -0.4 is 10.9 Å². The van der Waals surface area contributed by atoms with Gasteiger partial charge in [0.15, 0.2) is 0 Å². The highest BCUT2D eigenvalue weighted by Crippen LogP contribution is 2.26. The number of fused-ring (bicyclic) bond motifs is 1. The third kappa shape index (κ3) is 3.84. The van der Waals surface area contributed by atoms with Gasteiger partial charge in [0, 0.05) is 13.1 Å². The zero-order valence-electron chi connectivity index (χ0n) is 15.2. The Hall–Kier alpha value is -2.51. The van der Waals surface area contributed by atoms with Crippen molar-refractivity contribution < 1.29 is 4.79 Å². The molecule has 0 atom stereocenters. The Bertz CT molecular complexity index is 976. The van der Waals surface area contributed by atoms with Crippen LogP contribution in [0.25, 0.3) is 10.2 Å². The molecule has 1 aromatic carbocycles. The lowest BCUT2D eigenvalue weighted by molar-refractivity contribution is 0.0954. The Morgan fingerprint density at radius 2 is 2.00 bits per heavy atom. The molecule has 0 saturated carbocycles. The lowest BCUT2D eigenvalue weighted by atomic mass is 10.2. The normalized spacial score (nSPS) is 11.2. The van der Waals surface area contributed by atoms with Gasteiger partial charge in [-0.05, 0) is 32.1 Å². The van der Waals surface area contributed by atoms with Crippen molar-refractivity contribution in [3.05, 3.63) is 63.0 Å². The second-order valence-electron chi connectivity index (χ2n) is 6.46. The number of hydrogen-bond donors (Lipinski definition) is 1. The molecule has 6 nitrogen and oxygen atoms in total. The highest BCUT2D eigenvalue weighted by atomic mass is 32.1. The van der Waals surface area contributed by atoms with E-state index in [9.17, 15) is 9.59 Å². The smallest absolute Gasteiger partial charge is 0.262 e. The minimum atomic E-state index is -0.152. The monoisotopic (exact) mass is 370 g/mol. The fourth-order valence-corrected chi connectivity index (χ4v) is 3.80. The number of thiophene rings is 1. The number of aromatic nitrogens is 2. The molecule has 0 saturated heterocycles. The predicted molar refractivity (Wildman–Crippen MR) is 105 cm³/mol. The van der Waals surface area contributed by atoms with Crippen LogP contribution in [0, 0.1) is 6.92 Å². The first kappa shape index (κ1) is 18.3. The fourth-order valence-electron chi connectivity index (χ4n) is 2.74. The van der Waals surface area contributed by atoms with E-state index in [0.717, 1.165) is 12.1 Å². The number of aryl methyl sites for hydroxylation is 1. The highest BCUT2D eigenvalue weighted by molar-refractivity contribution is 7.20. The van der Waals surface area contributed by atoms with Gasteiger partial charge in [0.05, 0.1) is 23.1 Å². The summed E-state index contributed by atoms with van der Waals surface area (Å²) in [7, 11) is 3.91. The number of nitrogens with zero attached hydrogens (tertiary/aromatic N) is 3. The van der Waals surface area contributed by atoms with Gasteiger partial charge in [0.2, 0.25) is 0 Å². The van der Waals surface area contributed by atoms with Crippen molar-refractivity contribution in [3.8, 4) is 0 Å². The average molecular weight is 370 g/mol. The summed E-state index contributed by atoms with van der Waals surface area (Å²) < 4.78 is 1.59. The molecule has 0 unspecified atom stereocenters. The van der Waals surface area contributed by atoms with E-state index in [-0.39, 0.29) is 11.5 Å². The van der Waals surface area contributed by atoms with Crippen molar-refractivity contribution in [2.45, 2.75) is 13.5 Å². The quantitative estimate of drug-likeness (QED) is 0.722. The van der Waals surface area contributed by atoms with E-state index < -0.39 is 0 Å². The maximum atomic E-state index is 12.9. The van der Waals surface area contributed by atoms with Gasteiger partial charge in [-0.15, -0.1) is 11.3 Å². The van der Waals surface area contributed by atoms with E-state index >= 15 is 0 Å². The van der Waals surface area contributed by atoms with Crippen LogP contribution in [0.3, 0.4) is 0 Å². The molecule has 0 aliphatic heterocycles. The van der Waals surface area contributed by atoms with Gasteiger partial charge in [0.1, 0.15) is 4.83 Å². The summed E-state index contributed by atoms with van der Waals surface area (Å²) in [4.78, 5) is 32.9. The number of hydrogen-bond acceptors (Lipinski definition) is 5. The number of carbonyl (C=O) groups is 1. The van der Waals surface area contributed by atoms with Crippen molar-refractivity contribution in [3.63, 3.8) is 0 Å². The molecule has 0 aliphatic rings. The Balaban J connectivity index is 1.90. The molecule has 7 heteroatoms. The molecular formula is C19H22N4O2S. The lowest BCUT2D eigenvalue weighted by Gasteiger charge is -2.09. The van der Waals surface area contributed by atoms with E-state index in [2.05, 4.69) is 10.3 Å². The molecule has 3 rings (SSSR count). The van der Waals surface area contributed by atoms with E-state index in [1.54, 1.807) is 10.9 Å². The maximum absolute atomic E-state index is 12.9. The van der Waals surface area contributed by atoms with Crippen LogP contribution in [-0.2, 0) is 6.54 Å². The van der Waals surface area contributed by atoms with Crippen LogP contribution in [0.5, 0.6) is 0 Å². The Labute approximate surface area is 156 Å². The first-order valence-electron chi connectivity index (χ1n) is 8.42. The topological polar surface area (TPSA) is 67.2 Å². The first-order valence-corrected chi connectivity index (χ1v) is 9.24. The number of likely N-dealkylation sites (N-methyl/N-ethyl adjacent to an activating group) is 1. The molecule has 1 amide bonds. The Kier molecular flexibility index (Phi) is 5.49. The van der Waals surface area contributed by atoms with E-state index in [1.165, 1.54) is 11.3 Å². The molecule has 0 fully saturated rings. The van der Waals surface area contributed by atoms with Crippen molar-refractivity contribution in [2.24, 2.45) is 0 Å². The van der Waals surface area contributed by atoms with Crippen LogP contribution in [0.4, 0.5) is 0 Å². The van der Waals surface area contributed by atoms with Crippen LogP contribution >= 0.6 is 11.3 Å². The van der Waals surface area contributed by atoms with Gasteiger partial charge in [-0.25, -0.2) is 4.98 Å². The number of benzene rings is 1. The fraction of sp³-hybridized carbons (Fsp3) is 0.316. The van der Waals surface area contributed by atoms with Crippen LogP contribution in [0.2, 0.25) is 0 Å². The van der Waals surface area contributed by atoms with Gasteiger partial charge in [0.25, 0.3) is 11.5 Å². The summed E-state index contributed by atoms with van der Waals surface area (Å²) >= 11 is 1.27. The minimum absolute atomic E-state index is 0.111. The van der Waals surface area contributed by atoms with Gasteiger partial charge < -0.3 is 10.2 Å². The molecule has 0 bridgehead atoms. The maximum Gasteiger partial charge on any atom is 0.262 e. The van der Waals surface area contributed by atoms with Crippen molar-refractivity contribution in [2.75, 3.05) is 27.2 Å². The molecule has 0 spiro atoms. The molecule has 2 aromatic heterocycles. The van der Waals surface area contributed by atoms with Crippen molar-refractivity contribution in [1.82, 2.24) is 19.8 Å². The van der Waals surface area contributed by atoms with Crippen molar-refractivity contribution >= 4 is 27.5 Å². The zero-order chi connectivity index (χ0) is 18.7. The molecule has 136 valence electrons. The largest absolute Gasteiger partial charge is 0.350 e. The lowest BCUT2D eigenvalue weighted by Crippen LogP contribution is -2.31. The summed E-state index contributed by atoms with van der Waals surface area (Å²) in [6, 6.07) is 9.77. The summed E-state index contributed by atoms with van der Waals surface area (Å²) in [6.07, 6.45) is 1.56. The number of nitrogens with one attached hydrogen (secondary N) is 1. The van der Waals surface area contributed by atoms with Gasteiger partial charge in [-0.2, -0.15) is 0 Å². The summed E-state index contributed by atoms with van der Waals surface area (Å²) in [5.74, 6) is -0.152. The number of rotatable bonds is 6. The number of amides is 1.